The Morgan fingerprint density at radius 1 is 1.42 bits per heavy atom. The molecule has 1 unspecified atom stereocenters. The van der Waals surface area contributed by atoms with E-state index < -0.39 is 0 Å². The van der Waals surface area contributed by atoms with Crippen LogP contribution in [0.3, 0.4) is 0 Å². The fraction of sp³-hybridized carbons (Fsp3) is 0.333. The molecule has 4 heteroatoms. The maximum absolute atomic E-state index is 8.91. The van der Waals surface area contributed by atoms with E-state index in [1.807, 2.05) is 43.1 Å². The molecule has 4 nitrogen and oxygen atoms in total. The zero-order valence-corrected chi connectivity index (χ0v) is 11.4. The minimum Gasteiger partial charge on any atom is -0.497 e. The molecule has 1 atom stereocenters. The van der Waals surface area contributed by atoms with Gasteiger partial charge >= 0.3 is 0 Å². The molecule has 0 N–H and O–H groups in total. The van der Waals surface area contributed by atoms with Crippen molar-refractivity contribution in [1.29, 1.82) is 5.26 Å². The summed E-state index contributed by atoms with van der Waals surface area (Å²) in [7, 11) is 3.60. The normalized spacial score (nSPS) is 11.9. The van der Waals surface area contributed by atoms with Crippen molar-refractivity contribution >= 4 is 16.6 Å². The van der Waals surface area contributed by atoms with Crippen molar-refractivity contribution in [2.24, 2.45) is 5.92 Å². The van der Waals surface area contributed by atoms with Crippen LogP contribution in [0.4, 0.5) is 5.82 Å². The van der Waals surface area contributed by atoms with Crippen LogP contribution in [0, 0.1) is 17.2 Å². The van der Waals surface area contributed by atoms with Gasteiger partial charge in [0.2, 0.25) is 0 Å². The average Bonchev–Trinajstić information content (AvgIpc) is 2.45. The Morgan fingerprint density at radius 3 is 2.89 bits per heavy atom. The molecule has 19 heavy (non-hydrogen) atoms. The predicted molar refractivity (Wildman–Crippen MR) is 76.3 cm³/mol. The van der Waals surface area contributed by atoms with Gasteiger partial charge in [0, 0.05) is 25.2 Å². The van der Waals surface area contributed by atoms with Gasteiger partial charge in [-0.05, 0) is 30.5 Å². The van der Waals surface area contributed by atoms with Gasteiger partial charge in [-0.3, -0.25) is 0 Å². The monoisotopic (exact) mass is 255 g/mol. The van der Waals surface area contributed by atoms with Crippen LogP contribution in [0.5, 0.6) is 5.75 Å². The van der Waals surface area contributed by atoms with Crippen molar-refractivity contribution in [3.8, 4) is 11.8 Å². The van der Waals surface area contributed by atoms with Gasteiger partial charge < -0.3 is 9.64 Å². The summed E-state index contributed by atoms with van der Waals surface area (Å²) in [6.07, 6.45) is 1.79. The lowest BCUT2D eigenvalue weighted by molar-refractivity contribution is 0.415. The first kappa shape index (κ1) is 13.2. The van der Waals surface area contributed by atoms with Gasteiger partial charge in [-0.25, -0.2) is 4.98 Å². The lowest BCUT2D eigenvalue weighted by Gasteiger charge is -2.21. The number of rotatable bonds is 4. The maximum Gasteiger partial charge on any atom is 0.136 e. The molecule has 0 amide bonds. The van der Waals surface area contributed by atoms with Gasteiger partial charge in [-0.15, -0.1) is 0 Å². The average molecular weight is 255 g/mol. The number of pyridine rings is 1. The van der Waals surface area contributed by atoms with Gasteiger partial charge in [-0.1, -0.05) is 6.07 Å². The third-order valence-electron chi connectivity index (χ3n) is 3.08. The highest BCUT2D eigenvalue weighted by molar-refractivity contribution is 5.93. The second-order valence-corrected chi connectivity index (χ2v) is 4.63. The molecule has 0 saturated carbocycles. The number of fused-ring (bicyclic) bond motifs is 1. The molecule has 0 spiro atoms. The number of nitrogens with zero attached hydrogens (tertiary/aromatic N) is 3. The molecule has 2 rings (SSSR count). The number of benzene rings is 1. The van der Waals surface area contributed by atoms with E-state index in [-0.39, 0.29) is 5.92 Å². The zero-order valence-electron chi connectivity index (χ0n) is 11.4. The molecule has 0 aliphatic heterocycles. The minimum absolute atomic E-state index is 0.0346. The second-order valence-electron chi connectivity index (χ2n) is 4.63. The third kappa shape index (κ3) is 2.76. The number of anilines is 1. The fourth-order valence-electron chi connectivity index (χ4n) is 2.10. The van der Waals surface area contributed by atoms with Crippen molar-refractivity contribution in [1.82, 2.24) is 4.98 Å². The van der Waals surface area contributed by atoms with E-state index in [9.17, 15) is 0 Å². The first-order chi connectivity index (χ1) is 9.15. The van der Waals surface area contributed by atoms with E-state index in [1.54, 1.807) is 13.3 Å². The Kier molecular flexibility index (Phi) is 3.86. The number of hydrogen-bond donors (Lipinski definition) is 0. The number of methoxy groups -OCH3 is 1. The highest BCUT2D eigenvalue weighted by Gasteiger charge is 2.11. The minimum atomic E-state index is -0.0346. The molecular formula is C15H17N3O. The highest BCUT2D eigenvalue weighted by atomic mass is 16.5. The first-order valence-electron chi connectivity index (χ1n) is 6.19. The topological polar surface area (TPSA) is 49.1 Å². The summed E-state index contributed by atoms with van der Waals surface area (Å²) >= 11 is 0. The zero-order chi connectivity index (χ0) is 13.8. The molecule has 0 radical (unpaired) electrons. The molecule has 0 bridgehead atoms. The fourth-order valence-corrected chi connectivity index (χ4v) is 2.10. The molecule has 1 aromatic carbocycles. The van der Waals surface area contributed by atoms with E-state index >= 15 is 0 Å². The van der Waals surface area contributed by atoms with Gasteiger partial charge in [0.25, 0.3) is 0 Å². The van der Waals surface area contributed by atoms with Crippen molar-refractivity contribution in [2.75, 3.05) is 25.6 Å². The van der Waals surface area contributed by atoms with E-state index in [1.165, 1.54) is 0 Å². The number of aromatic nitrogens is 1. The highest BCUT2D eigenvalue weighted by Crippen LogP contribution is 2.27. The smallest absolute Gasteiger partial charge is 0.136 e. The Hall–Kier alpha value is -2.28. The van der Waals surface area contributed by atoms with E-state index in [4.69, 9.17) is 10.00 Å². The van der Waals surface area contributed by atoms with Crippen molar-refractivity contribution in [2.45, 2.75) is 6.92 Å². The Morgan fingerprint density at radius 2 is 2.21 bits per heavy atom. The van der Waals surface area contributed by atoms with Crippen molar-refractivity contribution in [3.63, 3.8) is 0 Å². The van der Waals surface area contributed by atoms with Crippen molar-refractivity contribution in [3.05, 3.63) is 30.5 Å². The van der Waals surface area contributed by atoms with E-state index in [0.717, 1.165) is 22.3 Å². The van der Waals surface area contributed by atoms with Crippen LogP contribution in [0.15, 0.2) is 30.5 Å². The molecule has 0 aliphatic rings. The Balaban J connectivity index is 2.44. The second kappa shape index (κ2) is 5.57. The van der Waals surface area contributed by atoms with E-state index in [0.29, 0.717) is 6.54 Å². The first-order valence-corrected chi connectivity index (χ1v) is 6.19. The van der Waals surface area contributed by atoms with Crippen LogP contribution in [0.2, 0.25) is 0 Å². The summed E-state index contributed by atoms with van der Waals surface area (Å²) in [6.45, 7) is 2.56. The molecule has 2 aromatic rings. The molecular weight excluding hydrogens is 238 g/mol. The summed E-state index contributed by atoms with van der Waals surface area (Å²) < 4.78 is 5.26. The van der Waals surface area contributed by atoms with Gasteiger partial charge in [0.05, 0.1) is 19.1 Å². The van der Waals surface area contributed by atoms with Gasteiger partial charge in [0.1, 0.15) is 11.6 Å². The quantitative estimate of drug-likeness (QED) is 0.843. The van der Waals surface area contributed by atoms with Crippen LogP contribution in [-0.2, 0) is 0 Å². The molecule has 0 aliphatic carbocycles. The number of ether oxygens (including phenoxy) is 1. The molecule has 0 saturated heterocycles. The summed E-state index contributed by atoms with van der Waals surface area (Å²) in [5, 5.41) is 11.1. The molecule has 0 fully saturated rings. The Bertz CT molecular complexity index is 618. The predicted octanol–water partition coefficient (Wildman–Crippen LogP) is 2.84. The summed E-state index contributed by atoms with van der Waals surface area (Å²) in [5.74, 6) is 1.65. The number of hydrogen-bond acceptors (Lipinski definition) is 4. The SMILES string of the molecule is COc1ccc2ccnc(N(C)CC(C)C#N)c2c1. The van der Waals surface area contributed by atoms with Crippen LogP contribution in [0.25, 0.3) is 10.8 Å². The lowest BCUT2D eigenvalue weighted by Crippen LogP contribution is -2.24. The summed E-state index contributed by atoms with van der Waals surface area (Å²) in [4.78, 5) is 6.44. The Labute approximate surface area is 113 Å². The lowest BCUT2D eigenvalue weighted by atomic mass is 10.1. The summed E-state index contributed by atoms with van der Waals surface area (Å²) in [6, 6.07) is 10.1. The maximum atomic E-state index is 8.91. The molecule has 1 aromatic heterocycles. The molecule has 98 valence electrons. The van der Waals surface area contributed by atoms with Crippen LogP contribution in [-0.4, -0.2) is 25.7 Å². The standard InChI is InChI=1S/C15H17N3O/c1-11(9-16)10-18(2)15-14-8-13(19-3)5-4-12(14)6-7-17-15/h4-8,11H,10H2,1-3H3. The van der Waals surface area contributed by atoms with Gasteiger partial charge in [-0.2, -0.15) is 5.26 Å². The van der Waals surface area contributed by atoms with Gasteiger partial charge in [0.15, 0.2) is 0 Å². The van der Waals surface area contributed by atoms with Crippen molar-refractivity contribution < 1.29 is 4.74 Å². The van der Waals surface area contributed by atoms with Crippen LogP contribution in [0.1, 0.15) is 6.92 Å². The molecule has 1 heterocycles. The van der Waals surface area contributed by atoms with E-state index in [2.05, 4.69) is 11.1 Å². The largest absolute Gasteiger partial charge is 0.497 e. The number of nitriles is 1. The third-order valence-corrected chi connectivity index (χ3v) is 3.08. The van der Waals surface area contributed by atoms with Crippen LogP contribution >= 0.6 is 0 Å². The van der Waals surface area contributed by atoms with Crippen LogP contribution < -0.4 is 9.64 Å². The summed E-state index contributed by atoms with van der Waals surface area (Å²) in [5.41, 5.74) is 0.